The molecular weight excluding hydrogens is 419 g/mol. The molecule has 6 nitrogen and oxygen atoms in total. The molecule has 1 aromatic rings. The van der Waals surface area contributed by atoms with Crippen LogP contribution in [0.15, 0.2) is 23.2 Å². The highest BCUT2D eigenvalue weighted by molar-refractivity contribution is 14.0. The van der Waals surface area contributed by atoms with Gasteiger partial charge in [0.25, 0.3) is 0 Å². The van der Waals surface area contributed by atoms with Crippen molar-refractivity contribution in [2.24, 2.45) is 16.6 Å². The van der Waals surface area contributed by atoms with Crippen molar-refractivity contribution >= 4 is 35.6 Å². The molecule has 24 heavy (non-hydrogen) atoms. The molecule has 3 N–H and O–H groups in total. The van der Waals surface area contributed by atoms with E-state index in [2.05, 4.69) is 22.1 Å². The molecular formula is C17H29IN4O2. The number of aliphatic imine (C=N–C) groups is 1. The minimum absolute atomic E-state index is 0. The summed E-state index contributed by atoms with van der Waals surface area (Å²) in [5.41, 5.74) is 6.79. The maximum absolute atomic E-state index is 5.96. The summed E-state index contributed by atoms with van der Waals surface area (Å²) in [5.74, 6) is 2.55. The molecule has 1 aromatic carbocycles. The second-order valence-corrected chi connectivity index (χ2v) is 6.01. The third-order valence-corrected chi connectivity index (χ3v) is 4.10. The van der Waals surface area contributed by atoms with Gasteiger partial charge in [0.1, 0.15) is 0 Å². The first-order chi connectivity index (χ1) is 11.1. The predicted molar refractivity (Wildman–Crippen MR) is 110 cm³/mol. The van der Waals surface area contributed by atoms with E-state index in [-0.39, 0.29) is 24.0 Å². The van der Waals surface area contributed by atoms with Crippen LogP contribution in [0.2, 0.25) is 0 Å². The number of likely N-dealkylation sites (tertiary alicyclic amines) is 1. The van der Waals surface area contributed by atoms with Crippen LogP contribution in [0.25, 0.3) is 0 Å². The van der Waals surface area contributed by atoms with Gasteiger partial charge in [-0.3, -0.25) is 4.99 Å². The molecule has 1 aliphatic heterocycles. The molecule has 1 saturated heterocycles. The second kappa shape index (κ2) is 10.6. The Balaban J connectivity index is 0.00000288. The summed E-state index contributed by atoms with van der Waals surface area (Å²) in [6, 6.07) is 5.56. The van der Waals surface area contributed by atoms with E-state index < -0.39 is 0 Å². The normalized spacial score (nSPS) is 18.6. The van der Waals surface area contributed by atoms with Crippen LogP contribution in [0.3, 0.4) is 0 Å². The van der Waals surface area contributed by atoms with E-state index in [1.165, 1.54) is 25.9 Å². The molecule has 136 valence electrons. The van der Waals surface area contributed by atoms with Crippen LogP contribution in [-0.4, -0.2) is 51.3 Å². The van der Waals surface area contributed by atoms with Gasteiger partial charge in [0, 0.05) is 24.8 Å². The Morgan fingerprint density at radius 1 is 1.33 bits per heavy atom. The zero-order chi connectivity index (χ0) is 16.7. The molecule has 0 spiro atoms. The lowest BCUT2D eigenvalue weighted by Crippen LogP contribution is -2.36. The van der Waals surface area contributed by atoms with Crippen LogP contribution in [0.4, 0.5) is 5.69 Å². The summed E-state index contributed by atoms with van der Waals surface area (Å²) in [4.78, 5) is 6.87. The van der Waals surface area contributed by atoms with Gasteiger partial charge in [0.15, 0.2) is 17.5 Å². The maximum Gasteiger partial charge on any atom is 0.193 e. The number of nitrogens with zero attached hydrogens (tertiary/aromatic N) is 2. The quantitative estimate of drug-likeness (QED) is 0.398. The Morgan fingerprint density at radius 3 is 2.75 bits per heavy atom. The average Bonchev–Trinajstić information content (AvgIpc) is 2.54. The number of benzene rings is 1. The monoisotopic (exact) mass is 448 g/mol. The van der Waals surface area contributed by atoms with Gasteiger partial charge in [-0.2, -0.15) is 0 Å². The highest BCUT2D eigenvalue weighted by Gasteiger charge is 2.15. The first-order valence-corrected chi connectivity index (χ1v) is 8.13. The fourth-order valence-electron chi connectivity index (χ4n) is 2.90. The number of guanidine groups is 1. The molecule has 0 radical (unpaired) electrons. The molecule has 0 bridgehead atoms. The largest absolute Gasteiger partial charge is 0.493 e. The molecule has 1 heterocycles. The first-order valence-electron chi connectivity index (χ1n) is 8.13. The molecule has 2 rings (SSSR count). The molecule has 0 saturated carbocycles. The van der Waals surface area contributed by atoms with E-state index in [1.807, 2.05) is 18.2 Å². The number of nitrogens with one attached hydrogen (secondary N) is 1. The molecule has 0 amide bonds. The number of nitrogens with two attached hydrogens (primary N) is 1. The zero-order valence-corrected chi connectivity index (χ0v) is 17.1. The van der Waals surface area contributed by atoms with Crippen LogP contribution in [0.1, 0.15) is 19.8 Å². The minimum atomic E-state index is 0. The third-order valence-electron chi connectivity index (χ3n) is 4.10. The van der Waals surface area contributed by atoms with Gasteiger partial charge in [-0.15, -0.1) is 24.0 Å². The van der Waals surface area contributed by atoms with Crippen molar-refractivity contribution in [1.29, 1.82) is 0 Å². The van der Waals surface area contributed by atoms with Crippen molar-refractivity contribution in [2.45, 2.75) is 19.8 Å². The summed E-state index contributed by atoms with van der Waals surface area (Å²) in [6.07, 6.45) is 2.62. The number of anilines is 1. The van der Waals surface area contributed by atoms with Gasteiger partial charge >= 0.3 is 0 Å². The van der Waals surface area contributed by atoms with E-state index in [1.54, 1.807) is 14.2 Å². The molecule has 1 aliphatic rings. The van der Waals surface area contributed by atoms with Crippen LogP contribution < -0.4 is 20.5 Å². The Hall–Kier alpha value is -1.22. The highest BCUT2D eigenvalue weighted by atomic mass is 127. The van der Waals surface area contributed by atoms with E-state index in [4.69, 9.17) is 15.2 Å². The Kier molecular flexibility index (Phi) is 9.20. The van der Waals surface area contributed by atoms with E-state index >= 15 is 0 Å². The topological polar surface area (TPSA) is 72.1 Å². The fourth-order valence-corrected chi connectivity index (χ4v) is 2.90. The number of methoxy groups -OCH3 is 2. The molecule has 7 heteroatoms. The van der Waals surface area contributed by atoms with Crippen molar-refractivity contribution in [1.82, 2.24) is 4.90 Å². The average molecular weight is 448 g/mol. The summed E-state index contributed by atoms with van der Waals surface area (Å²) < 4.78 is 10.5. The molecule has 1 unspecified atom stereocenters. The van der Waals surface area contributed by atoms with Crippen LogP contribution in [0, 0.1) is 5.92 Å². The van der Waals surface area contributed by atoms with E-state index in [0.717, 1.165) is 18.2 Å². The lowest BCUT2D eigenvalue weighted by molar-refractivity contribution is 0.189. The Bertz CT molecular complexity index is 539. The van der Waals surface area contributed by atoms with Crippen molar-refractivity contribution in [2.75, 3.05) is 45.7 Å². The highest BCUT2D eigenvalue weighted by Crippen LogP contribution is 2.29. The van der Waals surface area contributed by atoms with Gasteiger partial charge in [-0.05, 0) is 37.4 Å². The molecule has 0 aliphatic carbocycles. The first kappa shape index (κ1) is 20.8. The number of rotatable bonds is 6. The number of halogens is 1. The Morgan fingerprint density at radius 2 is 2.08 bits per heavy atom. The summed E-state index contributed by atoms with van der Waals surface area (Å²) >= 11 is 0. The van der Waals surface area contributed by atoms with E-state index in [0.29, 0.717) is 24.0 Å². The summed E-state index contributed by atoms with van der Waals surface area (Å²) in [6.45, 7) is 6.31. The second-order valence-electron chi connectivity index (χ2n) is 6.01. The maximum atomic E-state index is 5.96. The third kappa shape index (κ3) is 6.35. The van der Waals surface area contributed by atoms with Gasteiger partial charge in [-0.1, -0.05) is 6.92 Å². The smallest absolute Gasteiger partial charge is 0.193 e. The number of hydrogen-bond donors (Lipinski definition) is 2. The van der Waals surface area contributed by atoms with Crippen LogP contribution in [-0.2, 0) is 0 Å². The Labute approximate surface area is 161 Å². The fraction of sp³-hybridized carbons (Fsp3) is 0.588. The standard InChI is InChI=1S/C17H28N4O2.HI/c1-13-5-4-9-21(12-13)10-8-19-17(18)20-14-6-7-15(22-2)16(11-14)23-3;/h6-7,11,13H,4-5,8-10,12H2,1-3H3,(H3,18,19,20);1H. The number of ether oxygens (including phenoxy) is 2. The lowest BCUT2D eigenvalue weighted by Gasteiger charge is -2.30. The predicted octanol–water partition coefficient (Wildman–Crippen LogP) is 2.78. The van der Waals surface area contributed by atoms with Crippen molar-refractivity contribution in [3.8, 4) is 11.5 Å². The molecule has 1 fully saturated rings. The van der Waals surface area contributed by atoms with Crippen LogP contribution >= 0.6 is 24.0 Å². The molecule has 1 atom stereocenters. The van der Waals surface area contributed by atoms with Crippen molar-refractivity contribution in [3.05, 3.63) is 18.2 Å². The van der Waals surface area contributed by atoms with Gasteiger partial charge in [0.05, 0.1) is 20.8 Å². The number of piperidine rings is 1. The summed E-state index contributed by atoms with van der Waals surface area (Å²) in [5, 5.41) is 3.09. The van der Waals surface area contributed by atoms with Crippen LogP contribution in [0.5, 0.6) is 11.5 Å². The van der Waals surface area contributed by atoms with Crippen molar-refractivity contribution < 1.29 is 9.47 Å². The van der Waals surface area contributed by atoms with Gasteiger partial charge in [-0.25, -0.2) is 0 Å². The lowest BCUT2D eigenvalue weighted by atomic mass is 10.0. The van der Waals surface area contributed by atoms with Gasteiger partial charge in [0.2, 0.25) is 0 Å². The van der Waals surface area contributed by atoms with Gasteiger partial charge < -0.3 is 25.4 Å². The van der Waals surface area contributed by atoms with E-state index in [9.17, 15) is 0 Å². The zero-order valence-electron chi connectivity index (χ0n) is 14.7. The number of hydrogen-bond acceptors (Lipinski definition) is 4. The summed E-state index contributed by atoms with van der Waals surface area (Å²) in [7, 11) is 3.22. The SMILES string of the molecule is COc1ccc(NC(N)=NCCN2CCCC(C)C2)cc1OC.I. The van der Waals surface area contributed by atoms with Crippen molar-refractivity contribution in [3.63, 3.8) is 0 Å². The molecule has 0 aromatic heterocycles. The minimum Gasteiger partial charge on any atom is -0.493 e.